The second-order valence-electron chi connectivity index (χ2n) is 6.19. The zero-order chi connectivity index (χ0) is 18.8. The molecule has 2 aromatic rings. The molecule has 0 bridgehead atoms. The lowest BCUT2D eigenvalue weighted by Crippen LogP contribution is -2.14. The molecule has 5 nitrogen and oxygen atoms in total. The zero-order valence-electron chi connectivity index (χ0n) is 14.1. The zero-order valence-corrected chi connectivity index (χ0v) is 15.6. The van der Waals surface area contributed by atoms with Gasteiger partial charge in [-0.3, -0.25) is 0 Å². The van der Waals surface area contributed by atoms with Gasteiger partial charge in [0.2, 0.25) is 0 Å². The van der Waals surface area contributed by atoms with Gasteiger partial charge < -0.3 is 13.9 Å². The summed E-state index contributed by atoms with van der Waals surface area (Å²) in [5.74, 6) is -1.08. The van der Waals surface area contributed by atoms with Crippen LogP contribution in [0.4, 0.5) is 4.39 Å². The maximum absolute atomic E-state index is 14.4. The summed E-state index contributed by atoms with van der Waals surface area (Å²) in [6, 6.07) is 2.34. The van der Waals surface area contributed by atoms with Crippen LogP contribution in [0.25, 0.3) is 5.69 Å². The van der Waals surface area contributed by atoms with E-state index in [1.807, 2.05) is 20.8 Å². The van der Waals surface area contributed by atoms with E-state index < -0.39 is 17.0 Å². The molecule has 0 unspecified atom stereocenters. The Morgan fingerprint density at radius 1 is 1.32 bits per heavy atom. The van der Waals surface area contributed by atoms with Gasteiger partial charge in [-0.1, -0.05) is 50.6 Å². The normalized spacial score (nSPS) is 11.4. The highest BCUT2D eigenvalue weighted by atomic mass is 35.5. The van der Waals surface area contributed by atoms with E-state index in [1.165, 1.54) is 12.3 Å². The predicted octanol–water partition coefficient (Wildman–Crippen LogP) is 4.71. The third kappa shape index (κ3) is 4.19. The van der Waals surface area contributed by atoms with Crippen LogP contribution in [0.5, 0.6) is 5.75 Å². The Hall–Kier alpha value is -1.92. The molecule has 0 saturated heterocycles. The number of aromatic nitrogens is 1. The van der Waals surface area contributed by atoms with Gasteiger partial charge in [-0.05, 0) is 6.07 Å². The quantitative estimate of drug-likeness (QED) is 0.530. The number of oxazole rings is 1. The maximum Gasteiger partial charge on any atom is 0.425 e. The SMILES string of the molecule is C=COCCOc1cc(-n2c(Cl)c(C(C)(C)C)oc2=O)c(F)cc1Cl. The molecule has 8 heteroatoms. The fourth-order valence-corrected chi connectivity index (χ4v) is 2.79. The van der Waals surface area contributed by atoms with Crippen molar-refractivity contribution in [3.8, 4) is 11.4 Å². The van der Waals surface area contributed by atoms with Crippen molar-refractivity contribution in [1.29, 1.82) is 0 Å². The monoisotopic (exact) mass is 389 g/mol. The van der Waals surface area contributed by atoms with Crippen molar-refractivity contribution in [3.63, 3.8) is 0 Å². The number of rotatable bonds is 6. The number of hydrogen-bond donors (Lipinski definition) is 0. The van der Waals surface area contributed by atoms with Gasteiger partial charge in [-0.25, -0.2) is 13.8 Å². The van der Waals surface area contributed by atoms with E-state index in [4.69, 9.17) is 37.1 Å². The largest absolute Gasteiger partial charge is 0.498 e. The molecule has 1 heterocycles. The minimum absolute atomic E-state index is 0.000312. The molecule has 25 heavy (non-hydrogen) atoms. The van der Waals surface area contributed by atoms with Crippen molar-refractivity contribution < 1.29 is 18.3 Å². The Bertz CT molecular complexity index is 836. The van der Waals surface area contributed by atoms with E-state index in [2.05, 4.69) is 6.58 Å². The van der Waals surface area contributed by atoms with E-state index >= 15 is 0 Å². The molecule has 0 aliphatic heterocycles. The summed E-state index contributed by atoms with van der Waals surface area (Å²) in [6.45, 7) is 9.30. The fraction of sp³-hybridized carbons (Fsp3) is 0.353. The highest BCUT2D eigenvalue weighted by molar-refractivity contribution is 6.32. The Labute approximate surface area is 154 Å². The number of hydrogen-bond acceptors (Lipinski definition) is 4. The minimum Gasteiger partial charge on any atom is -0.498 e. The van der Waals surface area contributed by atoms with Crippen molar-refractivity contribution in [2.45, 2.75) is 26.2 Å². The smallest absolute Gasteiger partial charge is 0.425 e. The Kier molecular flexibility index (Phi) is 5.85. The molecule has 136 valence electrons. The van der Waals surface area contributed by atoms with Gasteiger partial charge in [-0.2, -0.15) is 0 Å². The third-order valence-electron chi connectivity index (χ3n) is 3.26. The van der Waals surface area contributed by atoms with Crippen molar-refractivity contribution in [2.75, 3.05) is 13.2 Å². The standard InChI is InChI=1S/C17H18Cl2FNO4/c1-5-23-6-7-24-13-9-12(11(20)8-10(13)18)21-15(19)14(17(2,3)4)25-16(21)22/h5,8-9H,1,6-7H2,2-4H3. The summed E-state index contributed by atoms with van der Waals surface area (Å²) in [4.78, 5) is 12.2. The molecule has 0 radical (unpaired) electrons. The molecule has 0 atom stereocenters. The van der Waals surface area contributed by atoms with Crippen LogP contribution in [0.1, 0.15) is 26.5 Å². The topological polar surface area (TPSA) is 53.6 Å². The third-order valence-corrected chi connectivity index (χ3v) is 3.89. The molecule has 1 aromatic carbocycles. The average Bonchev–Trinajstić information content (AvgIpc) is 2.81. The van der Waals surface area contributed by atoms with E-state index in [1.54, 1.807) is 0 Å². The van der Waals surface area contributed by atoms with Gasteiger partial charge in [0.1, 0.15) is 24.8 Å². The first kappa shape index (κ1) is 19.4. The molecular weight excluding hydrogens is 372 g/mol. The van der Waals surface area contributed by atoms with Crippen molar-refractivity contribution in [2.24, 2.45) is 0 Å². The van der Waals surface area contributed by atoms with Crippen LogP contribution < -0.4 is 10.5 Å². The van der Waals surface area contributed by atoms with Gasteiger partial charge in [0.05, 0.1) is 17.0 Å². The summed E-state index contributed by atoms with van der Waals surface area (Å²) in [5.41, 5.74) is -0.635. The predicted molar refractivity (Wildman–Crippen MR) is 94.6 cm³/mol. The lowest BCUT2D eigenvalue weighted by molar-refractivity contribution is 0.179. The van der Waals surface area contributed by atoms with E-state index in [-0.39, 0.29) is 40.6 Å². The van der Waals surface area contributed by atoms with Crippen LogP contribution in [0.3, 0.4) is 0 Å². The van der Waals surface area contributed by atoms with Crippen LogP contribution in [-0.4, -0.2) is 17.8 Å². The van der Waals surface area contributed by atoms with E-state index in [0.717, 1.165) is 10.6 Å². The van der Waals surface area contributed by atoms with E-state index in [0.29, 0.717) is 0 Å². The average molecular weight is 390 g/mol. The Balaban J connectivity index is 2.48. The summed E-state index contributed by atoms with van der Waals surface area (Å²) in [7, 11) is 0. The van der Waals surface area contributed by atoms with Crippen LogP contribution >= 0.6 is 23.2 Å². The summed E-state index contributed by atoms with van der Waals surface area (Å²) >= 11 is 12.2. The van der Waals surface area contributed by atoms with Gasteiger partial charge in [-0.15, -0.1) is 0 Å². The Morgan fingerprint density at radius 2 is 2.00 bits per heavy atom. The summed E-state index contributed by atoms with van der Waals surface area (Å²) < 4.78 is 30.9. The summed E-state index contributed by atoms with van der Waals surface area (Å²) in [6.07, 6.45) is 1.28. The first-order valence-corrected chi connectivity index (χ1v) is 8.19. The van der Waals surface area contributed by atoms with Gasteiger partial charge >= 0.3 is 5.76 Å². The van der Waals surface area contributed by atoms with Crippen LogP contribution in [-0.2, 0) is 10.2 Å². The molecule has 0 amide bonds. The molecule has 0 aliphatic rings. The lowest BCUT2D eigenvalue weighted by Gasteiger charge is -2.15. The molecule has 1 aromatic heterocycles. The van der Waals surface area contributed by atoms with Crippen LogP contribution in [0, 0.1) is 5.82 Å². The molecule has 0 saturated carbocycles. The molecule has 0 fully saturated rings. The Morgan fingerprint density at radius 3 is 2.56 bits per heavy atom. The number of halogens is 3. The highest BCUT2D eigenvalue weighted by Gasteiger charge is 2.28. The van der Waals surface area contributed by atoms with Gasteiger partial charge in [0, 0.05) is 11.5 Å². The molecule has 0 spiro atoms. The lowest BCUT2D eigenvalue weighted by atomic mass is 9.94. The number of benzene rings is 1. The fourth-order valence-electron chi connectivity index (χ4n) is 2.11. The van der Waals surface area contributed by atoms with Gasteiger partial charge in [0.15, 0.2) is 10.9 Å². The van der Waals surface area contributed by atoms with E-state index in [9.17, 15) is 9.18 Å². The summed E-state index contributed by atoms with van der Waals surface area (Å²) in [5, 5.41) is 0.0585. The molecule has 0 aliphatic carbocycles. The second-order valence-corrected chi connectivity index (χ2v) is 6.96. The minimum atomic E-state index is -0.794. The molecular formula is C17H18Cl2FNO4. The van der Waals surface area contributed by atoms with Crippen molar-refractivity contribution in [3.05, 3.63) is 57.3 Å². The first-order chi connectivity index (χ1) is 11.7. The van der Waals surface area contributed by atoms with Crippen LogP contribution in [0.15, 0.2) is 34.2 Å². The first-order valence-electron chi connectivity index (χ1n) is 7.43. The second kappa shape index (κ2) is 7.54. The highest BCUT2D eigenvalue weighted by Crippen LogP contribution is 2.34. The molecule has 2 rings (SSSR count). The number of ether oxygens (including phenoxy) is 2. The number of nitrogens with zero attached hydrogens (tertiary/aromatic N) is 1. The van der Waals surface area contributed by atoms with Crippen molar-refractivity contribution in [1.82, 2.24) is 4.57 Å². The maximum atomic E-state index is 14.4. The van der Waals surface area contributed by atoms with Crippen molar-refractivity contribution >= 4 is 23.2 Å². The molecule has 0 N–H and O–H groups in total. The van der Waals surface area contributed by atoms with Crippen LogP contribution in [0.2, 0.25) is 10.2 Å². The van der Waals surface area contributed by atoms with Gasteiger partial charge in [0.25, 0.3) is 0 Å².